The number of amides is 2. The predicted octanol–water partition coefficient (Wildman–Crippen LogP) is 2.81. The molecule has 0 aromatic heterocycles. The second kappa shape index (κ2) is 13.7. The normalized spacial score (nSPS) is 21.0. The molecule has 2 saturated heterocycles. The van der Waals surface area contributed by atoms with Crippen molar-refractivity contribution in [2.24, 2.45) is 0 Å². The summed E-state index contributed by atoms with van der Waals surface area (Å²) in [5.41, 5.74) is 1.14. The maximum absolute atomic E-state index is 13.7. The number of carbonyl (C=O) groups is 4. The first-order chi connectivity index (χ1) is 20.4. The Morgan fingerprint density at radius 3 is 1.52 bits per heavy atom. The molecule has 0 bridgehead atoms. The fraction of sp³-hybridized carbons (Fsp3) is 0.500. The van der Waals surface area contributed by atoms with Crippen LogP contribution >= 0.6 is 0 Å². The van der Waals surface area contributed by atoms with Gasteiger partial charge < -0.3 is 20.8 Å². The molecule has 3 aliphatic rings. The number of carbonyl (C=O) groups excluding carboxylic acids is 4. The van der Waals surface area contributed by atoms with Crippen LogP contribution in [-0.4, -0.2) is 94.9 Å². The van der Waals surface area contributed by atoms with Crippen molar-refractivity contribution in [3.63, 3.8) is 0 Å². The van der Waals surface area contributed by atoms with Crippen LogP contribution in [0.3, 0.4) is 0 Å². The number of hydrogen-bond donors (Lipinski definition) is 4. The number of aliphatic hydroxyl groups excluding tert-OH is 2. The third-order valence-corrected chi connectivity index (χ3v) is 8.80. The van der Waals surface area contributed by atoms with Gasteiger partial charge in [-0.2, -0.15) is 0 Å². The summed E-state index contributed by atoms with van der Waals surface area (Å²) in [6.45, 7) is 2.72. The lowest BCUT2D eigenvalue weighted by Crippen LogP contribution is -2.43. The standard InChI is InChI=1S/C32H40N4O6/c37-19-21-7-3-5-15-35(21)17-13-27(39)33-25-11-12-26(34-28(40)14-18-36-16-6-4-8-22(36)20-38)30-29(25)31(41)23-9-1-2-10-24(23)32(30)42/h1-2,9-12,21-22,37-38H,3-8,13-20H2,(H,33,39)(H,34,40). The number of anilines is 2. The van der Waals surface area contributed by atoms with Crippen LogP contribution in [0.15, 0.2) is 36.4 Å². The van der Waals surface area contributed by atoms with E-state index in [0.29, 0.717) is 13.1 Å². The second-order valence-corrected chi connectivity index (χ2v) is 11.4. The van der Waals surface area contributed by atoms with Crippen LogP contribution in [0.5, 0.6) is 0 Å². The van der Waals surface area contributed by atoms with E-state index < -0.39 is 0 Å². The maximum Gasteiger partial charge on any atom is 0.225 e. The summed E-state index contributed by atoms with van der Waals surface area (Å²) >= 11 is 0. The summed E-state index contributed by atoms with van der Waals surface area (Å²) in [5, 5.41) is 25.1. The van der Waals surface area contributed by atoms with Gasteiger partial charge in [0.05, 0.1) is 35.7 Å². The molecule has 0 radical (unpaired) electrons. The van der Waals surface area contributed by atoms with Crippen molar-refractivity contribution in [1.82, 2.24) is 9.80 Å². The number of ketones is 2. The Labute approximate surface area is 246 Å². The van der Waals surface area contributed by atoms with E-state index in [9.17, 15) is 29.4 Å². The zero-order valence-electron chi connectivity index (χ0n) is 23.9. The molecule has 2 aromatic carbocycles. The molecule has 2 aromatic rings. The lowest BCUT2D eigenvalue weighted by Gasteiger charge is -2.34. The highest BCUT2D eigenvalue weighted by Gasteiger charge is 2.35. The predicted molar refractivity (Wildman–Crippen MR) is 159 cm³/mol. The molecule has 2 aliphatic heterocycles. The van der Waals surface area contributed by atoms with Gasteiger partial charge >= 0.3 is 0 Å². The zero-order valence-corrected chi connectivity index (χ0v) is 23.9. The maximum atomic E-state index is 13.7. The van der Waals surface area contributed by atoms with E-state index in [1.807, 2.05) is 0 Å². The van der Waals surface area contributed by atoms with Gasteiger partial charge in [-0.1, -0.05) is 37.1 Å². The monoisotopic (exact) mass is 576 g/mol. The summed E-state index contributed by atoms with van der Waals surface area (Å²) in [7, 11) is 0. The first-order valence-electron chi connectivity index (χ1n) is 15.1. The fourth-order valence-corrected chi connectivity index (χ4v) is 6.47. The molecule has 4 N–H and O–H groups in total. The largest absolute Gasteiger partial charge is 0.395 e. The Morgan fingerprint density at radius 2 is 1.12 bits per heavy atom. The van der Waals surface area contributed by atoms with Crippen LogP contribution < -0.4 is 10.6 Å². The summed E-state index contributed by atoms with van der Waals surface area (Å²) < 4.78 is 0. The minimum Gasteiger partial charge on any atom is -0.395 e. The second-order valence-electron chi connectivity index (χ2n) is 11.4. The fourth-order valence-electron chi connectivity index (χ4n) is 6.47. The van der Waals surface area contributed by atoms with E-state index in [2.05, 4.69) is 20.4 Å². The number of fused-ring (bicyclic) bond motifs is 2. The Balaban J connectivity index is 1.35. The van der Waals surface area contributed by atoms with Gasteiger partial charge in [0.25, 0.3) is 0 Å². The third-order valence-electron chi connectivity index (χ3n) is 8.80. The number of nitrogens with one attached hydrogen (secondary N) is 2. The number of hydrogen-bond acceptors (Lipinski definition) is 8. The first kappa shape index (κ1) is 30.0. The molecule has 42 heavy (non-hydrogen) atoms. The highest BCUT2D eigenvalue weighted by Crippen LogP contribution is 2.37. The average molecular weight is 577 g/mol. The number of nitrogens with zero attached hydrogens (tertiary/aromatic N) is 2. The van der Waals surface area contributed by atoms with Crippen LogP contribution in [-0.2, 0) is 9.59 Å². The van der Waals surface area contributed by atoms with Gasteiger partial charge in [0.15, 0.2) is 11.6 Å². The SMILES string of the molecule is O=C(CCN1CCCCC1CO)Nc1ccc(NC(=O)CCN2CCCCC2CO)c2c1C(=O)c1ccccc1C2=O. The quantitative estimate of drug-likeness (QED) is 0.289. The lowest BCUT2D eigenvalue weighted by molar-refractivity contribution is -0.117. The van der Waals surface area contributed by atoms with Crippen LogP contribution in [0.4, 0.5) is 11.4 Å². The van der Waals surface area contributed by atoms with Gasteiger partial charge in [-0.3, -0.25) is 29.0 Å². The van der Waals surface area contributed by atoms with E-state index in [1.54, 1.807) is 36.4 Å². The van der Waals surface area contributed by atoms with Crippen molar-refractivity contribution in [2.75, 3.05) is 50.0 Å². The average Bonchev–Trinajstić information content (AvgIpc) is 3.02. The highest BCUT2D eigenvalue weighted by atomic mass is 16.3. The van der Waals surface area contributed by atoms with Crippen molar-refractivity contribution < 1.29 is 29.4 Å². The summed E-state index contributed by atoms with van der Waals surface area (Å²) in [6, 6.07) is 9.79. The Hall–Kier alpha value is -3.44. The third kappa shape index (κ3) is 6.47. The van der Waals surface area contributed by atoms with Crippen molar-refractivity contribution in [3.05, 3.63) is 58.7 Å². The van der Waals surface area contributed by atoms with Gasteiger partial charge in [-0.05, 0) is 50.9 Å². The molecule has 2 amide bonds. The van der Waals surface area contributed by atoms with E-state index >= 15 is 0 Å². The smallest absolute Gasteiger partial charge is 0.225 e. The molecule has 0 saturated carbocycles. The first-order valence-corrected chi connectivity index (χ1v) is 15.1. The number of likely N-dealkylation sites (tertiary alicyclic amines) is 2. The molecule has 0 spiro atoms. The van der Waals surface area contributed by atoms with Crippen molar-refractivity contribution >= 4 is 34.8 Å². The molecular formula is C32H40N4O6. The van der Waals surface area contributed by atoms with E-state index in [4.69, 9.17) is 0 Å². The number of rotatable bonds is 10. The number of aliphatic hydroxyl groups is 2. The molecule has 2 unspecified atom stereocenters. The van der Waals surface area contributed by atoms with Gasteiger partial charge in [0.1, 0.15) is 0 Å². The number of piperidine rings is 2. The van der Waals surface area contributed by atoms with Crippen molar-refractivity contribution in [2.45, 2.75) is 63.5 Å². The van der Waals surface area contributed by atoms with Crippen LogP contribution in [0.2, 0.25) is 0 Å². The molecular weight excluding hydrogens is 536 g/mol. The molecule has 2 heterocycles. The van der Waals surface area contributed by atoms with E-state index in [-0.39, 0.29) is 95.1 Å². The molecule has 2 atom stereocenters. The molecule has 2 fully saturated rings. The lowest BCUT2D eigenvalue weighted by atomic mass is 9.82. The summed E-state index contributed by atoms with van der Waals surface area (Å²) in [5.74, 6) is -1.37. The van der Waals surface area contributed by atoms with Crippen molar-refractivity contribution in [1.29, 1.82) is 0 Å². The minimum atomic E-state index is -0.387. The number of benzene rings is 2. The Kier molecular flexibility index (Phi) is 9.79. The van der Waals surface area contributed by atoms with Gasteiger partial charge in [0, 0.05) is 49.1 Å². The Bertz CT molecular complexity index is 1240. The molecule has 224 valence electrons. The van der Waals surface area contributed by atoms with Crippen LogP contribution in [0.1, 0.15) is 83.2 Å². The summed E-state index contributed by atoms with van der Waals surface area (Å²) in [6.07, 6.45) is 6.30. The van der Waals surface area contributed by atoms with E-state index in [1.165, 1.54) is 0 Å². The van der Waals surface area contributed by atoms with E-state index in [0.717, 1.165) is 51.6 Å². The molecule has 5 rings (SSSR count). The Morgan fingerprint density at radius 1 is 0.690 bits per heavy atom. The van der Waals surface area contributed by atoms with Crippen LogP contribution in [0, 0.1) is 0 Å². The topological polar surface area (TPSA) is 139 Å². The van der Waals surface area contributed by atoms with Crippen molar-refractivity contribution in [3.8, 4) is 0 Å². The highest BCUT2D eigenvalue weighted by molar-refractivity contribution is 6.32. The molecule has 10 nitrogen and oxygen atoms in total. The summed E-state index contributed by atoms with van der Waals surface area (Å²) in [4.78, 5) is 57.7. The van der Waals surface area contributed by atoms with Gasteiger partial charge in [0.2, 0.25) is 11.8 Å². The molecule has 1 aliphatic carbocycles. The van der Waals surface area contributed by atoms with Gasteiger partial charge in [-0.15, -0.1) is 0 Å². The molecule has 10 heteroatoms. The minimum absolute atomic E-state index is 0.0438. The van der Waals surface area contributed by atoms with Crippen LogP contribution in [0.25, 0.3) is 0 Å². The zero-order chi connectivity index (χ0) is 29.6. The van der Waals surface area contributed by atoms with Gasteiger partial charge in [-0.25, -0.2) is 0 Å².